The Bertz CT molecular complexity index is 622. The van der Waals surface area contributed by atoms with Crippen LogP contribution in [0.25, 0.3) is 16.9 Å². The molecule has 0 aliphatic heterocycles. The molecule has 1 N–H and O–H groups in total. The molecule has 2 aromatic heterocycles. The van der Waals surface area contributed by atoms with Crippen molar-refractivity contribution in [3.8, 4) is 16.9 Å². The number of benzene rings is 1. The van der Waals surface area contributed by atoms with Crippen LogP contribution < -0.4 is 0 Å². The lowest BCUT2D eigenvalue weighted by Crippen LogP contribution is -1.95. The van der Waals surface area contributed by atoms with E-state index in [4.69, 9.17) is 0 Å². The molecular weight excluding hydrogens is 212 g/mol. The van der Waals surface area contributed by atoms with Crippen LogP contribution in [0.15, 0.2) is 48.8 Å². The van der Waals surface area contributed by atoms with Gasteiger partial charge in [-0.2, -0.15) is 10.2 Å². The molecule has 84 valence electrons. The Morgan fingerprint density at radius 3 is 2.65 bits per heavy atom. The summed E-state index contributed by atoms with van der Waals surface area (Å²) in [6.07, 6.45) is 3.72. The van der Waals surface area contributed by atoms with E-state index in [1.54, 1.807) is 6.20 Å². The SMILES string of the molecule is Cc1ccn(-c2cn[nH]c2-c2ccccc2)n1. The molecule has 1 aromatic carbocycles. The zero-order valence-electron chi connectivity index (χ0n) is 9.46. The van der Waals surface area contributed by atoms with E-state index < -0.39 is 0 Å². The van der Waals surface area contributed by atoms with Crippen LogP contribution in [0, 0.1) is 6.92 Å². The van der Waals surface area contributed by atoms with Gasteiger partial charge in [0, 0.05) is 11.8 Å². The van der Waals surface area contributed by atoms with E-state index in [-0.39, 0.29) is 0 Å². The molecule has 0 fully saturated rings. The monoisotopic (exact) mass is 224 g/mol. The Kier molecular flexibility index (Phi) is 2.26. The van der Waals surface area contributed by atoms with Gasteiger partial charge in [-0.1, -0.05) is 30.3 Å². The molecule has 0 spiro atoms. The summed E-state index contributed by atoms with van der Waals surface area (Å²) in [6, 6.07) is 12.1. The third-order valence-electron chi connectivity index (χ3n) is 2.65. The van der Waals surface area contributed by atoms with Crippen LogP contribution in [0.4, 0.5) is 0 Å². The van der Waals surface area contributed by atoms with Crippen LogP contribution in [-0.4, -0.2) is 20.0 Å². The van der Waals surface area contributed by atoms with Crippen molar-refractivity contribution in [2.75, 3.05) is 0 Å². The zero-order valence-corrected chi connectivity index (χ0v) is 9.46. The minimum Gasteiger partial charge on any atom is -0.276 e. The molecule has 0 atom stereocenters. The lowest BCUT2D eigenvalue weighted by atomic mass is 10.1. The van der Waals surface area contributed by atoms with Gasteiger partial charge in [0.1, 0.15) is 5.69 Å². The predicted octanol–water partition coefficient (Wildman–Crippen LogP) is 2.57. The van der Waals surface area contributed by atoms with Crippen molar-refractivity contribution in [3.63, 3.8) is 0 Å². The highest BCUT2D eigenvalue weighted by molar-refractivity contribution is 5.68. The summed E-state index contributed by atoms with van der Waals surface area (Å²) in [5.74, 6) is 0. The number of rotatable bonds is 2. The first-order valence-corrected chi connectivity index (χ1v) is 5.46. The average Bonchev–Trinajstić information content (AvgIpc) is 2.98. The second kappa shape index (κ2) is 3.90. The predicted molar refractivity (Wildman–Crippen MR) is 65.9 cm³/mol. The summed E-state index contributed by atoms with van der Waals surface area (Å²) in [5.41, 5.74) is 4.04. The van der Waals surface area contributed by atoms with Crippen molar-refractivity contribution in [2.45, 2.75) is 6.92 Å². The second-order valence-corrected chi connectivity index (χ2v) is 3.90. The van der Waals surface area contributed by atoms with E-state index >= 15 is 0 Å². The van der Waals surface area contributed by atoms with Crippen molar-refractivity contribution in [1.29, 1.82) is 0 Å². The number of H-pyrrole nitrogens is 1. The highest BCUT2D eigenvalue weighted by Crippen LogP contribution is 2.23. The van der Waals surface area contributed by atoms with Crippen LogP contribution in [0.5, 0.6) is 0 Å². The van der Waals surface area contributed by atoms with Gasteiger partial charge in [-0.25, -0.2) is 4.68 Å². The van der Waals surface area contributed by atoms with Crippen molar-refractivity contribution in [3.05, 3.63) is 54.5 Å². The van der Waals surface area contributed by atoms with E-state index in [0.29, 0.717) is 0 Å². The van der Waals surface area contributed by atoms with Gasteiger partial charge < -0.3 is 0 Å². The first-order chi connectivity index (χ1) is 8.34. The van der Waals surface area contributed by atoms with Crippen molar-refractivity contribution in [2.24, 2.45) is 0 Å². The number of nitrogens with one attached hydrogen (secondary N) is 1. The van der Waals surface area contributed by atoms with Crippen LogP contribution in [0.2, 0.25) is 0 Å². The highest BCUT2D eigenvalue weighted by Gasteiger charge is 2.09. The first kappa shape index (κ1) is 9.84. The molecule has 0 bridgehead atoms. The minimum atomic E-state index is 0.962. The highest BCUT2D eigenvalue weighted by atomic mass is 15.3. The van der Waals surface area contributed by atoms with E-state index in [9.17, 15) is 0 Å². The summed E-state index contributed by atoms with van der Waals surface area (Å²) < 4.78 is 1.83. The molecule has 0 radical (unpaired) electrons. The van der Waals surface area contributed by atoms with Crippen LogP contribution in [0.3, 0.4) is 0 Å². The Morgan fingerprint density at radius 1 is 1.12 bits per heavy atom. The van der Waals surface area contributed by atoms with Crippen molar-refractivity contribution >= 4 is 0 Å². The fourth-order valence-electron chi connectivity index (χ4n) is 1.82. The molecule has 0 unspecified atom stereocenters. The van der Waals surface area contributed by atoms with Gasteiger partial charge in [-0.15, -0.1) is 0 Å². The summed E-state index contributed by atoms with van der Waals surface area (Å²) in [6.45, 7) is 1.97. The van der Waals surface area contributed by atoms with Gasteiger partial charge in [-0.05, 0) is 13.0 Å². The molecular formula is C13H12N4. The number of hydrogen-bond donors (Lipinski definition) is 1. The Hall–Kier alpha value is -2.36. The number of aryl methyl sites for hydroxylation is 1. The molecule has 17 heavy (non-hydrogen) atoms. The first-order valence-electron chi connectivity index (χ1n) is 5.46. The van der Waals surface area contributed by atoms with Crippen LogP contribution >= 0.6 is 0 Å². The van der Waals surface area contributed by atoms with Gasteiger partial charge in [-0.3, -0.25) is 5.10 Å². The van der Waals surface area contributed by atoms with Gasteiger partial charge >= 0.3 is 0 Å². The van der Waals surface area contributed by atoms with E-state index in [2.05, 4.69) is 15.3 Å². The van der Waals surface area contributed by atoms with E-state index in [1.165, 1.54) is 0 Å². The van der Waals surface area contributed by atoms with Crippen molar-refractivity contribution in [1.82, 2.24) is 20.0 Å². The normalized spacial score (nSPS) is 10.6. The summed E-state index contributed by atoms with van der Waals surface area (Å²) in [4.78, 5) is 0. The van der Waals surface area contributed by atoms with Gasteiger partial charge in [0.2, 0.25) is 0 Å². The Balaban J connectivity index is 2.12. The number of aromatic nitrogens is 4. The maximum atomic E-state index is 4.40. The maximum Gasteiger partial charge on any atom is 0.110 e. The fraction of sp³-hybridized carbons (Fsp3) is 0.0769. The summed E-state index contributed by atoms with van der Waals surface area (Å²) in [5, 5.41) is 11.5. The fourth-order valence-corrected chi connectivity index (χ4v) is 1.82. The molecule has 3 aromatic rings. The number of aromatic amines is 1. The quantitative estimate of drug-likeness (QED) is 0.727. The van der Waals surface area contributed by atoms with Crippen LogP contribution in [0.1, 0.15) is 5.69 Å². The second-order valence-electron chi connectivity index (χ2n) is 3.90. The summed E-state index contributed by atoms with van der Waals surface area (Å²) in [7, 11) is 0. The average molecular weight is 224 g/mol. The third-order valence-corrected chi connectivity index (χ3v) is 2.65. The maximum absolute atomic E-state index is 4.40. The molecule has 0 saturated carbocycles. The van der Waals surface area contributed by atoms with E-state index in [1.807, 2.05) is 54.2 Å². The topological polar surface area (TPSA) is 46.5 Å². The molecule has 4 heteroatoms. The Labute approximate surface area is 98.9 Å². The molecule has 3 rings (SSSR count). The molecule has 0 aliphatic carbocycles. The standard InChI is InChI=1S/C13H12N4/c1-10-7-8-17(16-10)12-9-14-15-13(12)11-5-3-2-4-6-11/h2-9H,1H3,(H,14,15). The molecule has 0 amide bonds. The van der Waals surface area contributed by atoms with Gasteiger partial charge in [0.25, 0.3) is 0 Å². The molecule has 2 heterocycles. The molecule has 4 nitrogen and oxygen atoms in total. The van der Waals surface area contributed by atoms with E-state index in [0.717, 1.165) is 22.6 Å². The molecule has 0 aliphatic rings. The third kappa shape index (κ3) is 1.73. The lowest BCUT2D eigenvalue weighted by Gasteiger charge is -2.02. The largest absolute Gasteiger partial charge is 0.276 e. The summed E-state index contributed by atoms with van der Waals surface area (Å²) >= 11 is 0. The lowest BCUT2D eigenvalue weighted by molar-refractivity contribution is 0.865. The smallest absolute Gasteiger partial charge is 0.110 e. The minimum absolute atomic E-state index is 0.962. The van der Waals surface area contributed by atoms with Gasteiger partial charge in [0.15, 0.2) is 0 Å². The number of nitrogens with zero attached hydrogens (tertiary/aromatic N) is 3. The molecule has 0 saturated heterocycles. The van der Waals surface area contributed by atoms with Gasteiger partial charge in [0.05, 0.1) is 17.6 Å². The van der Waals surface area contributed by atoms with Crippen molar-refractivity contribution < 1.29 is 0 Å². The Morgan fingerprint density at radius 2 is 1.94 bits per heavy atom. The zero-order chi connectivity index (χ0) is 11.7. The number of hydrogen-bond acceptors (Lipinski definition) is 2. The van der Waals surface area contributed by atoms with Crippen LogP contribution in [-0.2, 0) is 0 Å².